The summed E-state index contributed by atoms with van der Waals surface area (Å²) in [7, 11) is 0. The molecule has 0 spiro atoms. The Morgan fingerprint density at radius 1 is 1.08 bits per heavy atom. The van der Waals surface area contributed by atoms with E-state index < -0.39 is 17.8 Å². The van der Waals surface area contributed by atoms with Crippen molar-refractivity contribution in [2.75, 3.05) is 11.9 Å². The molecule has 192 valence electrons. The molecule has 3 aromatic rings. The Bertz CT molecular complexity index is 1320. The van der Waals surface area contributed by atoms with Gasteiger partial charge in [-0.2, -0.15) is 5.10 Å². The van der Waals surface area contributed by atoms with Crippen LogP contribution >= 0.6 is 22.9 Å². The molecule has 10 heteroatoms. The highest BCUT2D eigenvalue weighted by molar-refractivity contribution is 7.17. The zero-order valence-corrected chi connectivity index (χ0v) is 21.8. The zero-order valence-electron chi connectivity index (χ0n) is 20.2. The molecular formula is C27H26ClN3O5S. The molecule has 37 heavy (non-hydrogen) atoms. The zero-order chi connectivity index (χ0) is 26.2. The molecule has 1 heterocycles. The molecule has 1 aliphatic carbocycles. The molecule has 0 fully saturated rings. The molecule has 0 aliphatic heterocycles. The number of hydrogen-bond donors (Lipinski definition) is 2. The van der Waals surface area contributed by atoms with Crippen molar-refractivity contribution in [2.45, 2.75) is 39.2 Å². The Kier molecular flexibility index (Phi) is 8.92. The number of hydrogen-bond acceptors (Lipinski definition) is 7. The topological polar surface area (TPSA) is 106 Å². The molecule has 0 atom stereocenters. The lowest BCUT2D eigenvalue weighted by Gasteiger charge is -2.12. The lowest BCUT2D eigenvalue weighted by Crippen LogP contribution is -2.32. The molecule has 0 unspecified atom stereocenters. The van der Waals surface area contributed by atoms with Gasteiger partial charge in [0.25, 0.3) is 0 Å². The predicted molar refractivity (Wildman–Crippen MR) is 144 cm³/mol. The number of nitrogens with one attached hydrogen (secondary N) is 2. The second kappa shape index (κ2) is 12.5. The van der Waals surface area contributed by atoms with Gasteiger partial charge < -0.3 is 14.8 Å². The van der Waals surface area contributed by atoms with E-state index in [-0.39, 0.29) is 6.61 Å². The number of rotatable bonds is 8. The summed E-state index contributed by atoms with van der Waals surface area (Å²) in [5, 5.41) is 7.44. The number of esters is 1. The van der Waals surface area contributed by atoms with Crippen molar-refractivity contribution in [1.82, 2.24) is 5.43 Å². The van der Waals surface area contributed by atoms with Crippen LogP contribution in [0.2, 0.25) is 5.02 Å². The van der Waals surface area contributed by atoms with Gasteiger partial charge in [-0.3, -0.25) is 9.59 Å². The number of nitrogens with zero attached hydrogens (tertiary/aromatic N) is 1. The standard InChI is InChI=1S/C27H26ClN3O5S/c1-2-35-27(34)23-21-8-3-4-9-22(21)37-26(23)30-24(32)25(33)31-29-15-18-6-5-7-20(14-18)36-16-17-10-12-19(28)13-11-17/h5-7,10-15H,2-4,8-9,16H2,1H3,(H,30,32)(H,31,33)/b29-15-. The van der Waals surface area contributed by atoms with Gasteiger partial charge in [-0.15, -0.1) is 11.3 Å². The van der Waals surface area contributed by atoms with Crippen LogP contribution in [0.25, 0.3) is 0 Å². The number of carbonyl (C=O) groups is 3. The molecule has 0 saturated carbocycles. The van der Waals surface area contributed by atoms with Gasteiger partial charge in [0.1, 0.15) is 17.4 Å². The molecule has 2 N–H and O–H groups in total. The minimum absolute atomic E-state index is 0.222. The first-order valence-corrected chi connectivity index (χ1v) is 13.1. The maximum Gasteiger partial charge on any atom is 0.341 e. The van der Waals surface area contributed by atoms with Crippen molar-refractivity contribution >= 4 is 51.9 Å². The Balaban J connectivity index is 1.35. The van der Waals surface area contributed by atoms with E-state index >= 15 is 0 Å². The Labute approximate surface area is 223 Å². The van der Waals surface area contributed by atoms with E-state index in [9.17, 15) is 14.4 Å². The van der Waals surface area contributed by atoms with E-state index in [1.165, 1.54) is 17.6 Å². The van der Waals surface area contributed by atoms with Crippen molar-refractivity contribution in [1.29, 1.82) is 0 Å². The van der Waals surface area contributed by atoms with Crippen LogP contribution in [0.4, 0.5) is 5.00 Å². The van der Waals surface area contributed by atoms with Gasteiger partial charge in [0.05, 0.1) is 18.4 Å². The molecule has 1 aromatic heterocycles. The van der Waals surface area contributed by atoms with Gasteiger partial charge in [0.15, 0.2) is 0 Å². The minimum Gasteiger partial charge on any atom is -0.489 e. The average Bonchev–Trinajstić information content (AvgIpc) is 3.26. The Morgan fingerprint density at radius 3 is 2.65 bits per heavy atom. The van der Waals surface area contributed by atoms with Crippen LogP contribution in [0.15, 0.2) is 53.6 Å². The monoisotopic (exact) mass is 539 g/mol. The van der Waals surface area contributed by atoms with Gasteiger partial charge in [-0.25, -0.2) is 10.2 Å². The van der Waals surface area contributed by atoms with E-state index in [2.05, 4.69) is 15.8 Å². The van der Waals surface area contributed by atoms with Crippen LogP contribution < -0.4 is 15.5 Å². The number of benzene rings is 2. The third-order valence-electron chi connectivity index (χ3n) is 5.64. The van der Waals surface area contributed by atoms with E-state index in [0.717, 1.165) is 41.7 Å². The highest BCUT2D eigenvalue weighted by atomic mass is 35.5. The first-order chi connectivity index (χ1) is 17.9. The second-order valence-corrected chi connectivity index (χ2v) is 9.82. The highest BCUT2D eigenvalue weighted by Crippen LogP contribution is 2.38. The molecule has 1 aliphatic rings. The number of anilines is 1. The van der Waals surface area contributed by atoms with Crippen molar-refractivity contribution in [3.63, 3.8) is 0 Å². The summed E-state index contributed by atoms with van der Waals surface area (Å²) in [4.78, 5) is 38.5. The highest BCUT2D eigenvalue weighted by Gasteiger charge is 2.28. The van der Waals surface area contributed by atoms with E-state index in [4.69, 9.17) is 21.1 Å². The van der Waals surface area contributed by atoms with Crippen LogP contribution in [0, 0.1) is 0 Å². The SMILES string of the molecule is CCOC(=O)c1c(NC(=O)C(=O)N/N=C\c2cccc(OCc3ccc(Cl)cc3)c2)sc2c1CCCC2. The van der Waals surface area contributed by atoms with E-state index in [1.807, 2.05) is 12.1 Å². The van der Waals surface area contributed by atoms with Crippen molar-refractivity contribution < 1.29 is 23.9 Å². The summed E-state index contributed by atoms with van der Waals surface area (Å²) in [6, 6.07) is 14.5. The predicted octanol–water partition coefficient (Wildman–Crippen LogP) is 5.12. The van der Waals surface area contributed by atoms with Gasteiger partial charge in [-0.1, -0.05) is 35.9 Å². The molecule has 0 saturated heterocycles. The number of ether oxygens (including phenoxy) is 2. The van der Waals surface area contributed by atoms with Crippen LogP contribution in [0.3, 0.4) is 0 Å². The number of fused-ring (bicyclic) bond motifs is 1. The van der Waals surface area contributed by atoms with Crippen molar-refractivity contribution in [3.05, 3.63) is 80.7 Å². The second-order valence-electron chi connectivity index (χ2n) is 8.28. The first kappa shape index (κ1) is 26.4. The summed E-state index contributed by atoms with van der Waals surface area (Å²) in [6.07, 6.45) is 4.97. The molecule has 4 rings (SSSR count). The fourth-order valence-electron chi connectivity index (χ4n) is 3.88. The Morgan fingerprint density at radius 2 is 1.86 bits per heavy atom. The quantitative estimate of drug-likeness (QED) is 0.179. The molecule has 0 bridgehead atoms. The Hall–Kier alpha value is -3.69. The maximum atomic E-state index is 12.5. The van der Waals surface area contributed by atoms with Crippen LogP contribution in [-0.2, 0) is 33.8 Å². The molecule has 2 aromatic carbocycles. The van der Waals surface area contributed by atoms with Gasteiger partial charge in [0, 0.05) is 9.90 Å². The van der Waals surface area contributed by atoms with Crippen molar-refractivity contribution in [3.8, 4) is 5.75 Å². The third-order valence-corrected chi connectivity index (χ3v) is 7.10. The third kappa shape index (κ3) is 6.96. The lowest BCUT2D eigenvalue weighted by molar-refractivity contribution is -0.136. The van der Waals surface area contributed by atoms with E-state index in [0.29, 0.717) is 33.5 Å². The fourth-order valence-corrected chi connectivity index (χ4v) is 5.28. The summed E-state index contributed by atoms with van der Waals surface area (Å²) in [5.41, 5.74) is 5.12. The van der Waals surface area contributed by atoms with Crippen molar-refractivity contribution in [2.24, 2.45) is 5.10 Å². The number of thiophene rings is 1. The average molecular weight is 540 g/mol. The van der Waals surface area contributed by atoms with Gasteiger partial charge in [0.2, 0.25) is 0 Å². The molecule has 8 nitrogen and oxygen atoms in total. The lowest BCUT2D eigenvalue weighted by atomic mass is 9.95. The minimum atomic E-state index is -0.951. The van der Waals surface area contributed by atoms with Crippen LogP contribution in [0.5, 0.6) is 5.75 Å². The summed E-state index contributed by atoms with van der Waals surface area (Å²) in [6.45, 7) is 2.32. The molecule has 2 amide bonds. The summed E-state index contributed by atoms with van der Waals surface area (Å²) >= 11 is 7.22. The molecular weight excluding hydrogens is 514 g/mol. The van der Waals surface area contributed by atoms with Gasteiger partial charge >= 0.3 is 17.8 Å². The fraction of sp³-hybridized carbons (Fsp3) is 0.259. The number of aryl methyl sites for hydroxylation is 1. The number of amides is 2. The van der Waals surface area contributed by atoms with Crippen LogP contribution in [0.1, 0.15) is 51.7 Å². The number of halogens is 1. The summed E-state index contributed by atoms with van der Waals surface area (Å²) in [5.74, 6) is -1.74. The van der Waals surface area contributed by atoms with Gasteiger partial charge in [-0.05, 0) is 73.6 Å². The largest absolute Gasteiger partial charge is 0.489 e. The first-order valence-electron chi connectivity index (χ1n) is 11.9. The molecule has 0 radical (unpaired) electrons. The maximum absolute atomic E-state index is 12.5. The number of hydrazone groups is 1. The number of carbonyl (C=O) groups excluding carboxylic acids is 3. The van der Waals surface area contributed by atoms with E-state index in [1.54, 1.807) is 43.3 Å². The normalized spacial score (nSPS) is 12.6. The summed E-state index contributed by atoms with van der Waals surface area (Å²) < 4.78 is 11.0. The van der Waals surface area contributed by atoms with Crippen LogP contribution in [-0.4, -0.2) is 30.6 Å². The smallest absolute Gasteiger partial charge is 0.341 e.